The quantitative estimate of drug-likeness (QED) is 0.854. The summed E-state index contributed by atoms with van der Waals surface area (Å²) >= 11 is 3.15. The molecule has 6 heteroatoms. The van der Waals surface area contributed by atoms with Gasteiger partial charge in [-0.3, -0.25) is 0 Å². The molecule has 0 spiro atoms. The average Bonchev–Trinajstić information content (AvgIpc) is 2.06. The summed E-state index contributed by atoms with van der Waals surface area (Å²) in [6.07, 6.45) is 0.532. The van der Waals surface area contributed by atoms with E-state index in [0.717, 1.165) is 0 Å². The normalized spacial score (nSPS) is 11.6. The average molecular weight is 300 g/mol. The lowest BCUT2D eigenvalue weighted by atomic mass is 10.1. The van der Waals surface area contributed by atoms with E-state index in [4.69, 9.17) is 10.7 Å². The van der Waals surface area contributed by atoms with Crippen molar-refractivity contribution in [2.45, 2.75) is 18.2 Å². The maximum Gasteiger partial charge on any atom is 0.265 e. The van der Waals surface area contributed by atoms with Gasteiger partial charge in [0, 0.05) is 15.2 Å². The lowest BCUT2D eigenvalue weighted by molar-refractivity contribution is 0.453. The zero-order valence-electron chi connectivity index (χ0n) is 7.29. The van der Waals surface area contributed by atoms with Crippen molar-refractivity contribution in [2.24, 2.45) is 0 Å². The van der Waals surface area contributed by atoms with E-state index in [2.05, 4.69) is 15.9 Å². The fourth-order valence-electron chi connectivity index (χ4n) is 1.08. The molecule has 0 atom stereocenters. The van der Waals surface area contributed by atoms with Crippen LogP contribution in [-0.4, -0.2) is 13.5 Å². The molecule has 78 valence electrons. The second kappa shape index (κ2) is 4.08. The summed E-state index contributed by atoms with van der Waals surface area (Å²) in [5.41, 5.74) is 0.540. The molecular weight excluding hydrogens is 292 g/mol. The molecule has 1 rings (SSSR count). The Kier molecular flexibility index (Phi) is 3.44. The van der Waals surface area contributed by atoms with Crippen molar-refractivity contribution in [3.8, 4) is 5.75 Å². The van der Waals surface area contributed by atoms with Crippen molar-refractivity contribution < 1.29 is 13.5 Å². The van der Waals surface area contributed by atoms with Gasteiger partial charge >= 0.3 is 0 Å². The van der Waals surface area contributed by atoms with Crippen LogP contribution in [0.5, 0.6) is 5.75 Å². The summed E-state index contributed by atoms with van der Waals surface area (Å²) in [4.78, 5) is -0.259. The van der Waals surface area contributed by atoms with E-state index in [-0.39, 0.29) is 10.6 Å². The molecule has 14 heavy (non-hydrogen) atoms. The first-order chi connectivity index (χ1) is 6.36. The Morgan fingerprint density at radius 2 is 2.07 bits per heavy atom. The Labute approximate surface area is 95.3 Å². The second-order valence-corrected chi connectivity index (χ2v) is 6.15. The summed E-state index contributed by atoms with van der Waals surface area (Å²) in [5.74, 6) is -0.272. The Morgan fingerprint density at radius 1 is 1.50 bits per heavy atom. The maximum atomic E-state index is 11.1. The number of rotatable bonds is 2. The van der Waals surface area contributed by atoms with Crippen molar-refractivity contribution >= 4 is 35.7 Å². The molecule has 0 bridgehead atoms. The molecule has 1 N–H and O–H groups in total. The number of halogens is 2. The molecule has 0 aliphatic carbocycles. The van der Waals surface area contributed by atoms with Crippen molar-refractivity contribution in [3.05, 3.63) is 22.2 Å². The van der Waals surface area contributed by atoms with Gasteiger partial charge in [-0.15, -0.1) is 0 Å². The molecule has 1 aromatic rings. The first kappa shape index (κ1) is 11.8. The summed E-state index contributed by atoms with van der Waals surface area (Å²) in [5, 5.41) is 9.56. The molecule has 0 amide bonds. The van der Waals surface area contributed by atoms with Crippen LogP contribution in [0.25, 0.3) is 0 Å². The summed E-state index contributed by atoms with van der Waals surface area (Å²) in [7, 11) is 1.26. The zero-order chi connectivity index (χ0) is 10.9. The lowest BCUT2D eigenvalue weighted by Crippen LogP contribution is -1.94. The molecule has 3 nitrogen and oxygen atoms in total. The molecule has 0 fully saturated rings. The number of aromatic hydroxyl groups is 1. The third kappa shape index (κ3) is 2.40. The Bertz CT molecular complexity index is 456. The first-order valence-corrected chi connectivity index (χ1v) is 6.92. The molecule has 0 aliphatic rings. The van der Waals surface area contributed by atoms with E-state index < -0.39 is 9.05 Å². The van der Waals surface area contributed by atoms with Gasteiger partial charge in [0.1, 0.15) is 10.6 Å². The Hall–Kier alpha value is -0.260. The van der Waals surface area contributed by atoms with E-state index in [1.54, 1.807) is 6.07 Å². The summed E-state index contributed by atoms with van der Waals surface area (Å²) < 4.78 is 22.7. The van der Waals surface area contributed by atoms with E-state index in [0.29, 0.717) is 16.5 Å². The van der Waals surface area contributed by atoms with Crippen molar-refractivity contribution in [1.82, 2.24) is 0 Å². The van der Waals surface area contributed by atoms with Gasteiger partial charge < -0.3 is 5.11 Å². The van der Waals surface area contributed by atoms with Crippen LogP contribution in [-0.2, 0) is 15.5 Å². The molecule has 0 heterocycles. The van der Waals surface area contributed by atoms with Crippen LogP contribution in [0.4, 0.5) is 0 Å². The number of phenols is 1. The third-order valence-corrected chi connectivity index (χ3v) is 3.56. The minimum atomic E-state index is -3.90. The van der Waals surface area contributed by atoms with Crippen LogP contribution in [0.3, 0.4) is 0 Å². The second-order valence-electron chi connectivity index (χ2n) is 2.70. The molecule has 0 saturated carbocycles. The Morgan fingerprint density at radius 3 is 2.50 bits per heavy atom. The van der Waals surface area contributed by atoms with Gasteiger partial charge in [-0.1, -0.05) is 22.9 Å². The molecule has 0 saturated heterocycles. The summed E-state index contributed by atoms with van der Waals surface area (Å²) in [6.45, 7) is 1.81. The van der Waals surface area contributed by atoms with E-state index in [1.165, 1.54) is 6.07 Å². The lowest BCUT2D eigenvalue weighted by Gasteiger charge is -2.06. The predicted octanol–water partition coefficient (Wildman–Crippen LogP) is 2.64. The largest absolute Gasteiger partial charge is 0.506 e. The summed E-state index contributed by atoms with van der Waals surface area (Å²) in [6, 6.07) is 2.93. The van der Waals surface area contributed by atoms with Gasteiger partial charge in [0.25, 0.3) is 9.05 Å². The maximum absolute atomic E-state index is 11.1. The van der Waals surface area contributed by atoms with Gasteiger partial charge in [0.2, 0.25) is 0 Å². The molecule has 0 unspecified atom stereocenters. The standard InChI is InChI=1S/C8H8BrClO3S/c1-2-5-3-6(9)4-7(8(5)11)14(10,12)13/h3-4,11H,2H2,1H3. The van der Waals surface area contributed by atoms with Crippen LogP contribution in [0.1, 0.15) is 12.5 Å². The van der Waals surface area contributed by atoms with Crippen molar-refractivity contribution in [2.75, 3.05) is 0 Å². The highest BCUT2D eigenvalue weighted by atomic mass is 79.9. The van der Waals surface area contributed by atoms with Crippen LogP contribution in [0.15, 0.2) is 21.5 Å². The highest BCUT2D eigenvalue weighted by Crippen LogP contribution is 2.33. The molecule has 0 aromatic heterocycles. The van der Waals surface area contributed by atoms with Crippen LogP contribution in [0.2, 0.25) is 0 Å². The SMILES string of the molecule is CCc1cc(Br)cc(S(=O)(=O)Cl)c1O. The number of hydrogen-bond donors (Lipinski definition) is 1. The van der Waals surface area contributed by atoms with Gasteiger partial charge in [-0.2, -0.15) is 0 Å². The molecule has 1 aromatic carbocycles. The van der Waals surface area contributed by atoms with Crippen molar-refractivity contribution in [1.29, 1.82) is 0 Å². The highest BCUT2D eigenvalue weighted by molar-refractivity contribution is 9.10. The topological polar surface area (TPSA) is 54.4 Å². The molecule has 0 aliphatic heterocycles. The van der Waals surface area contributed by atoms with Crippen LogP contribution < -0.4 is 0 Å². The van der Waals surface area contributed by atoms with Crippen LogP contribution >= 0.6 is 26.6 Å². The highest BCUT2D eigenvalue weighted by Gasteiger charge is 2.18. The van der Waals surface area contributed by atoms with Crippen LogP contribution in [0, 0.1) is 0 Å². The zero-order valence-corrected chi connectivity index (χ0v) is 10.4. The van der Waals surface area contributed by atoms with E-state index in [9.17, 15) is 13.5 Å². The number of phenolic OH excluding ortho intramolecular Hbond substituents is 1. The van der Waals surface area contributed by atoms with Gasteiger partial charge in [0.05, 0.1) is 0 Å². The van der Waals surface area contributed by atoms with Crippen molar-refractivity contribution in [3.63, 3.8) is 0 Å². The monoisotopic (exact) mass is 298 g/mol. The Balaban J connectivity index is 3.53. The molecular formula is C8H8BrClO3S. The van der Waals surface area contributed by atoms with Gasteiger partial charge in [-0.05, 0) is 24.1 Å². The minimum absolute atomic E-state index is 0.259. The first-order valence-electron chi connectivity index (χ1n) is 3.82. The van der Waals surface area contributed by atoms with E-state index >= 15 is 0 Å². The van der Waals surface area contributed by atoms with E-state index in [1.807, 2.05) is 6.92 Å². The fraction of sp³-hybridized carbons (Fsp3) is 0.250. The smallest absolute Gasteiger partial charge is 0.265 e. The van der Waals surface area contributed by atoms with Gasteiger partial charge in [-0.25, -0.2) is 8.42 Å². The third-order valence-electron chi connectivity index (χ3n) is 1.76. The van der Waals surface area contributed by atoms with Gasteiger partial charge in [0.15, 0.2) is 0 Å². The molecule has 0 radical (unpaired) electrons. The number of aryl methyl sites for hydroxylation is 1. The number of hydrogen-bond acceptors (Lipinski definition) is 3. The predicted molar refractivity (Wildman–Crippen MR) is 58.2 cm³/mol. The fourth-order valence-corrected chi connectivity index (χ4v) is 2.72. The number of benzene rings is 1. The minimum Gasteiger partial charge on any atom is -0.506 e.